The van der Waals surface area contributed by atoms with Crippen molar-refractivity contribution >= 4 is 10.2 Å². The second kappa shape index (κ2) is 6.82. The van der Waals surface area contributed by atoms with Crippen molar-refractivity contribution in [2.45, 2.75) is 12.5 Å². The van der Waals surface area contributed by atoms with Gasteiger partial charge in [-0.05, 0) is 11.1 Å². The predicted molar refractivity (Wildman–Crippen MR) is 79.5 cm³/mol. The lowest BCUT2D eigenvalue weighted by atomic mass is 10.0. The molecular weight excluding hydrogens is 236 g/mol. The van der Waals surface area contributed by atoms with Crippen LogP contribution in [0.2, 0.25) is 0 Å². The van der Waals surface area contributed by atoms with Crippen LogP contribution < -0.4 is 0 Å². The van der Waals surface area contributed by atoms with Crippen LogP contribution >= 0.6 is 0 Å². The molecule has 1 unspecified atom stereocenters. The Morgan fingerprint density at radius 3 is 2.17 bits per heavy atom. The average Bonchev–Trinajstić information content (AvgIpc) is 2.45. The lowest BCUT2D eigenvalue weighted by molar-refractivity contribution is 0.146. The van der Waals surface area contributed by atoms with Gasteiger partial charge in [-0.3, -0.25) is 0 Å². The molecule has 0 radical (unpaired) electrons. The SMILES string of the molecule is [SiH3]C=COC(Cc1ccccc1)c1ccccc1. The molecule has 0 aromatic heterocycles. The van der Waals surface area contributed by atoms with E-state index in [4.69, 9.17) is 4.74 Å². The van der Waals surface area contributed by atoms with E-state index in [1.165, 1.54) is 11.1 Å². The van der Waals surface area contributed by atoms with E-state index >= 15 is 0 Å². The molecule has 0 aliphatic heterocycles. The molecule has 0 aliphatic rings. The van der Waals surface area contributed by atoms with Gasteiger partial charge in [0, 0.05) is 16.7 Å². The molecule has 2 rings (SSSR count). The third-order valence-corrected chi connectivity index (χ3v) is 3.09. The fourth-order valence-corrected chi connectivity index (χ4v) is 2.07. The van der Waals surface area contributed by atoms with Gasteiger partial charge in [0.25, 0.3) is 0 Å². The predicted octanol–water partition coefficient (Wildman–Crippen LogP) is 2.82. The van der Waals surface area contributed by atoms with Crippen LogP contribution in [0.3, 0.4) is 0 Å². The first-order valence-corrected chi connectivity index (χ1v) is 7.41. The van der Waals surface area contributed by atoms with Crippen molar-refractivity contribution in [2.24, 2.45) is 0 Å². The molecule has 1 atom stereocenters. The normalized spacial score (nSPS) is 12.7. The summed E-state index contributed by atoms with van der Waals surface area (Å²) in [7, 11) is 1.02. The Bertz CT molecular complexity index is 479. The van der Waals surface area contributed by atoms with E-state index in [2.05, 4.69) is 54.2 Å². The van der Waals surface area contributed by atoms with Crippen LogP contribution in [0.4, 0.5) is 0 Å². The van der Waals surface area contributed by atoms with Crippen molar-refractivity contribution in [1.29, 1.82) is 0 Å². The number of benzene rings is 2. The highest BCUT2D eigenvalue weighted by atomic mass is 28.1. The monoisotopic (exact) mass is 254 g/mol. The first-order valence-electron chi connectivity index (χ1n) is 6.25. The maximum Gasteiger partial charge on any atom is 0.127 e. The van der Waals surface area contributed by atoms with Crippen LogP contribution in [0.15, 0.2) is 72.6 Å². The summed E-state index contributed by atoms with van der Waals surface area (Å²) in [5, 5.41) is 0. The van der Waals surface area contributed by atoms with E-state index in [-0.39, 0.29) is 6.10 Å². The van der Waals surface area contributed by atoms with Gasteiger partial charge >= 0.3 is 0 Å². The van der Waals surface area contributed by atoms with Gasteiger partial charge < -0.3 is 4.74 Å². The molecule has 2 aromatic rings. The highest BCUT2D eigenvalue weighted by Crippen LogP contribution is 2.22. The summed E-state index contributed by atoms with van der Waals surface area (Å²) in [4.78, 5) is 0. The molecule has 2 heteroatoms. The summed E-state index contributed by atoms with van der Waals surface area (Å²) in [6.45, 7) is 0. The van der Waals surface area contributed by atoms with E-state index in [0.29, 0.717) is 0 Å². The standard InChI is InChI=1S/C16H18OSi/c18-12-11-17-16(15-9-5-2-6-10-15)13-14-7-3-1-4-8-14/h1-12,16H,13H2,18H3. The molecular formula is C16H18OSi. The Balaban J connectivity index is 2.16. The van der Waals surface area contributed by atoms with E-state index in [1.54, 1.807) is 0 Å². The molecule has 0 fully saturated rings. The summed E-state index contributed by atoms with van der Waals surface area (Å²) in [6, 6.07) is 20.9. The Kier molecular flexibility index (Phi) is 4.79. The van der Waals surface area contributed by atoms with Gasteiger partial charge in [0.2, 0.25) is 0 Å². The van der Waals surface area contributed by atoms with Crippen molar-refractivity contribution in [1.82, 2.24) is 0 Å². The van der Waals surface area contributed by atoms with Crippen LogP contribution in [0.1, 0.15) is 17.2 Å². The largest absolute Gasteiger partial charge is 0.494 e. The minimum atomic E-state index is 0.0961. The van der Waals surface area contributed by atoms with Crippen LogP contribution in [0, 0.1) is 0 Å². The maximum absolute atomic E-state index is 5.84. The summed E-state index contributed by atoms with van der Waals surface area (Å²) in [6.07, 6.45) is 2.82. The van der Waals surface area contributed by atoms with Crippen molar-refractivity contribution in [2.75, 3.05) is 0 Å². The van der Waals surface area contributed by atoms with Crippen molar-refractivity contribution < 1.29 is 4.74 Å². The van der Waals surface area contributed by atoms with E-state index in [1.807, 2.05) is 18.4 Å². The number of hydrogen-bond donors (Lipinski definition) is 0. The molecule has 1 nitrogen and oxygen atoms in total. The first-order chi connectivity index (χ1) is 8.90. The minimum absolute atomic E-state index is 0.0961. The highest BCUT2D eigenvalue weighted by Gasteiger charge is 2.11. The Hall–Kier alpha value is -1.80. The molecule has 2 aromatic carbocycles. The summed E-state index contributed by atoms with van der Waals surface area (Å²) >= 11 is 0. The molecule has 0 N–H and O–H groups in total. The van der Waals surface area contributed by atoms with Crippen LogP contribution in [-0.2, 0) is 11.2 Å². The van der Waals surface area contributed by atoms with Gasteiger partial charge in [0.05, 0.1) is 6.26 Å². The summed E-state index contributed by atoms with van der Waals surface area (Å²) in [5.41, 5.74) is 4.58. The summed E-state index contributed by atoms with van der Waals surface area (Å²) < 4.78 is 5.84. The third kappa shape index (κ3) is 3.60. The molecule has 92 valence electrons. The van der Waals surface area contributed by atoms with Gasteiger partial charge in [-0.15, -0.1) is 0 Å². The van der Waals surface area contributed by atoms with Crippen LogP contribution in [0.5, 0.6) is 0 Å². The maximum atomic E-state index is 5.84. The van der Waals surface area contributed by atoms with E-state index < -0.39 is 0 Å². The molecule has 0 bridgehead atoms. The summed E-state index contributed by atoms with van der Waals surface area (Å²) in [5.74, 6) is 0. The highest BCUT2D eigenvalue weighted by molar-refractivity contribution is 6.16. The zero-order valence-corrected chi connectivity index (χ0v) is 12.6. The Labute approximate surface area is 112 Å². The third-order valence-electron chi connectivity index (χ3n) is 2.81. The Morgan fingerprint density at radius 1 is 0.944 bits per heavy atom. The number of hydrogen-bond acceptors (Lipinski definition) is 1. The molecule has 0 aliphatic carbocycles. The molecule has 18 heavy (non-hydrogen) atoms. The quantitative estimate of drug-likeness (QED) is 0.589. The van der Waals surface area contributed by atoms with Gasteiger partial charge in [-0.2, -0.15) is 0 Å². The lowest BCUT2D eigenvalue weighted by Crippen LogP contribution is -2.04. The van der Waals surface area contributed by atoms with E-state index in [0.717, 1.165) is 16.7 Å². The number of rotatable bonds is 5. The fourth-order valence-electron chi connectivity index (χ4n) is 1.91. The minimum Gasteiger partial charge on any atom is -0.494 e. The Morgan fingerprint density at radius 2 is 1.56 bits per heavy atom. The molecule has 0 saturated carbocycles. The smallest absolute Gasteiger partial charge is 0.127 e. The molecule has 0 amide bonds. The molecule has 0 saturated heterocycles. The average molecular weight is 254 g/mol. The van der Waals surface area contributed by atoms with Gasteiger partial charge in [-0.1, -0.05) is 66.4 Å². The van der Waals surface area contributed by atoms with Crippen molar-refractivity contribution in [3.8, 4) is 0 Å². The molecule has 0 heterocycles. The molecule has 0 spiro atoms. The van der Waals surface area contributed by atoms with Crippen molar-refractivity contribution in [3.63, 3.8) is 0 Å². The van der Waals surface area contributed by atoms with Crippen LogP contribution in [0.25, 0.3) is 0 Å². The van der Waals surface area contributed by atoms with Gasteiger partial charge in [0.15, 0.2) is 0 Å². The zero-order valence-electron chi connectivity index (χ0n) is 10.6. The van der Waals surface area contributed by atoms with Gasteiger partial charge in [-0.25, -0.2) is 0 Å². The van der Waals surface area contributed by atoms with E-state index in [9.17, 15) is 0 Å². The topological polar surface area (TPSA) is 9.23 Å². The lowest BCUT2D eigenvalue weighted by Gasteiger charge is -2.17. The second-order valence-corrected chi connectivity index (χ2v) is 4.86. The fraction of sp³-hybridized carbons (Fsp3) is 0.125. The first kappa shape index (κ1) is 12.6. The van der Waals surface area contributed by atoms with Gasteiger partial charge in [0.1, 0.15) is 6.10 Å². The van der Waals surface area contributed by atoms with Crippen LogP contribution in [-0.4, -0.2) is 10.2 Å². The number of ether oxygens (including phenoxy) is 1. The second-order valence-electron chi connectivity index (χ2n) is 4.19. The van der Waals surface area contributed by atoms with Crippen molar-refractivity contribution in [3.05, 3.63) is 83.8 Å². The zero-order chi connectivity index (χ0) is 12.6.